The third-order valence-electron chi connectivity index (χ3n) is 3.05. The van der Waals surface area contributed by atoms with Crippen molar-refractivity contribution in [2.75, 3.05) is 19.0 Å². The maximum absolute atomic E-state index is 12.8. The Morgan fingerprint density at radius 3 is 2.65 bits per heavy atom. The fourth-order valence-corrected chi connectivity index (χ4v) is 1.90. The molecule has 0 aliphatic heterocycles. The highest BCUT2D eigenvalue weighted by Gasteiger charge is 2.14. The third-order valence-corrected chi connectivity index (χ3v) is 3.05. The van der Waals surface area contributed by atoms with Crippen molar-refractivity contribution in [3.63, 3.8) is 0 Å². The van der Waals surface area contributed by atoms with E-state index in [1.54, 1.807) is 24.3 Å². The van der Waals surface area contributed by atoms with Crippen LogP contribution in [-0.4, -0.2) is 30.6 Å². The summed E-state index contributed by atoms with van der Waals surface area (Å²) in [6.45, 7) is 0.366. The van der Waals surface area contributed by atoms with Crippen LogP contribution in [0.25, 0.3) is 0 Å². The van der Waals surface area contributed by atoms with Gasteiger partial charge in [-0.25, -0.2) is 19.0 Å². The first-order chi connectivity index (χ1) is 11.1. The van der Waals surface area contributed by atoms with Crippen LogP contribution in [-0.2, 0) is 11.2 Å². The molecule has 0 aliphatic rings. The number of anilines is 1. The molecule has 0 atom stereocenters. The van der Waals surface area contributed by atoms with Crippen molar-refractivity contribution in [2.45, 2.75) is 6.42 Å². The van der Waals surface area contributed by atoms with Crippen LogP contribution in [0.15, 0.2) is 42.6 Å². The number of nitrogens with zero attached hydrogens (tertiary/aromatic N) is 1. The van der Waals surface area contributed by atoms with E-state index in [0.29, 0.717) is 13.0 Å². The lowest BCUT2D eigenvalue weighted by atomic mass is 10.1. The molecule has 7 heteroatoms. The number of halogens is 1. The zero-order chi connectivity index (χ0) is 16.7. The number of aromatic nitrogens is 1. The number of rotatable bonds is 5. The van der Waals surface area contributed by atoms with Crippen LogP contribution < -0.4 is 10.6 Å². The van der Waals surface area contributed by atoms with Crippen LogP contribution in [0.5, 0.6) is 0 Å². The molecule has 0 spiro atoms. The van der Waals surface area contributed by atoms with E-state index in [1.807, 2.05) is 0 Å². The molecule has 0 radical (unpaired) electrons. The average Bonchev–Trinajstić information content (AvgIpc) is 2.56. The van der Waals surface area contributed by atoms with E-state index in [0.717, 1.165) is 5.56 Å². The average molecular weight is 317 g/mol. The summed E-state index contributed by atoms with van der Waals surface area (Å²) in [6.07, 6.45) is 1.99. The summed E-state index contributed by atoms with van der Waals surface area (Å²) in [4.78, 5) is 27.3. The number of carbonyl (C=O) groups excluding carboxylic acids is 2. The molecule has 0 saturated heterocycles. The second-order valence-electron chi connectivity index (χ2n) is 4.65. The highest BCUT2D eigenvalue weighted by molar-refractivity contribution is 5.99. The maximum atomic E-state index is 12.8. The predicted molar refractivity (Wildman–Crippen MR) is 82.7 cm³/mol. The van der Waals surface area contributed by atoms with E-state index in [2.05, 4.69) is 20.4 Å². The van der Waals surface area contributed by atoms with Gasteiger partial charge < -0.3 is 15.4 Å². The molecule has 23 heavy (non-hydrogen) atoms. The fraction of sp³-hybridized carbons (Fsp3) is 0.188. The van der Waals surface area contributed by atoms with E-state index < -0.39 is 12.0 Å². The lowest BCUT2D eigenvalue weighted by Gasteiger charge is -2.10. The molecular formula is C16H16FN3O3. The first-order valence-corrected chi connectivity index (χ1v) is 6.93. The predicted octanol–water partition coefficient (Wildman–Crippen LogP) is 2.37. The van der Waals surface area contributed by atoms with Crippen LogP contribution in [0.1, 0.15) is 16.1 Å². The van der Waals surface area contributed by atoms with E-state index in [-0.39, 0.29) is 17.2 Å². The first-order valence-electron chi connectivity index (χ1n) is 6.93. The van der Waals surface area contributed by atoms with Crippen molar-refractivity contribution in [1.82, 2.24) is 10.3 Å². The van der Waals surface area contributed by atoms with Gasteiger partial charge in [-0.1, -0.05) is 12.1 Å². The number of benzene rings is 1. The number of hydrogen-bond donors (Lipinski definition) is 2. The summed E-state index contributed by atoms with van der Waals surface area (Å²) in [5.74, 6) is -0.932. The Morgan fingerprint density at radius 1 is 1.22 bits per heavy atom. The zero-order valence-corrected chi connectivity index (χ0v) is 12.5. The molecule has 2 amide bonds. The molecule has 0 bridgehead atoms. The summed E-state index contributed by atoms with van der Waals surface area (Å²) in [7, 11) is 1.24. The molecule has 1 aromatic heterocycles. The Labute approximate surface area is 132 Å². The van der Waals surface area contributed by atoms with Gasteiger partial charge in [-0.3, -0.25) is 0 Å². The van der Waals surface area contributed by atoms with Crippen LogP contribution in [0.4, 0.5) is 14.9 Å². The van der Waals surface area contributed by atoms with Gasteiger partial charge in [0.05, 0.1) is 12.8 Å². The largest absolute Gasteiger partial charge is 0.464 e. The summed E-state index contributed by atoms with van der Waals surface area (Å²) in [5, 5.41) is 5.20. The van der Waals surface area contributed by atoms with Gasteiger partial charge in [-0.15, -0.1) is 0 Å². The van der Waals surface area contributed by atoms with Gasteiger partial charge in [-0.05, 0) is 36.2 Å². The highest BCUT2D eigenvalue weighted by atomic mass is 19.1. The molecule has 1 aromatic carbocycles. The van der Waals surface area contributed by atoms with Crippen LogP contribution in [0.3, 0.4) is 0 Å². The summed E-state index contributed by atoms with van der Waals surface area (Å²) >= 11 is 0. The Hall–Kier alpha value is -2.96. The molecule has 2 rings (SSSR count). The topological polar surface area (TPSA) is 80.3 Å². The van der Waals surface area contributed by atoms with Gasteiger partial charge in [0.2, 0.25) is 0 Å². The zero-order valence-electron chi connectivity index (χ0n) is 12.5. The van der Waals surface area contributed by atoms with Gasteiger partial charge in [0.25, 0.3) is 0 Å². The smallest absolute Gasteiger partial charge is 0.358 e. The lowest BCUT2D eigenvalue weighted by Crippen LogP contribution is -2.31. The van der Waals surface area contributed by atoms with Crippen LogP contribution in [0.2, 0.25) is 0 Å². The summed E-state index contributed by atoms with van der Waals surface area (Å²) in [6, 6.07) is 8.74. The Bertz CT molecular complexity index is 689. The highest BCUT2D eigenvalue weighted by Crippen LogP contribution is 2.12. The number of hydrogen-bond acceptors (Lipinski definition) is 4. The fourth-order valence-electron chi connectivity index (χ4n) is 1.90. The molecule has 6 nitrogen and oxygen atoms in total. The van der Waals surface area contributed by atoms with E-state index >= 15 is 0 Å². The van der Waals surface area contributed by atoms with E-state index in [9.17, 15) is 14.0 Å². The van der Waals surface area contributed by atoms with Crippen molar-refractivity contribution in [3.8, 4) is 0 Å². The number of pyridine rings is 1. The monoisotopic (exact) mass is 317 g/mol. The minimum absolute atomic E-state index is 0.0312. The maximum Gasteiger partial charge on any atom is 0.358 e. The van der Waals surface area contributed by atoms with E-state index in [1.165, 1.54) is 25.4 Å². The van der Waals surface area contributed by atoms with E-state index in [4.69, 9.17) is 0 Å². The normalized spacial score (nSPS) is 10.0. The Balaban J connectivity index is 1.88. The molecule has 0 aliphatic carbocycles. The summed E-state index contributed by atoms with van der Waals surface area (Å²) < 4.78 is 17.4. The van der Waals surface area contributed by atoms with Crippen molar-refractivity contribution in [2.24, 2.45) is 0 Å². The number of esters is 1. The molecular weight excluding hydrogens is 301 g/mol. The molecule has 0 unspecified atom stereocenters. The molecule has 0 saturated carbocycles. The number of ether oxygens (including phenoxy) is 1. The van der Waals surface area contributed by atoms with Crippen LogP contribution >= 0.6 is 0 Å². The third kappa shape index (κ3) is 4.77. The minimum Gasteiger partial charge on any atom is -0.464 e. The number of amides is 2. The van der Waals surface area contributed by atoms with Gasteiger partial charge in [-0.2, -0.15) is 0 Å². The molecule has 2 N–H and O–H groups in total. The summed E-state index contributed by atoms with van der Waals surface area (Å²) in [5.41, 5.74) is 1.20. The standard InChI is InChI=1S/C16H16FN3O3/c1-23-15(21)14-13(3-2-9-18-14)20-16(22)19-10-8-11-4-6-12(17)7-5-11/h2-7,9H,8,10H2,1H3,(H2,19,20,22). The molecule has 1 heterocycles. The van der Waals surface area contributed by atoms with Crippen molar-refractivity contribution < 1.29 is 18.7 Å². The SMILES string of the molecule is COC(=O)c1ncccc1NC(=O)NCCc1ccc(F)cc1. The number of nitrogens with one attached hydrogen (secondary N) is 2. The quantitative estimate of drug-likeness (QED) is 0.830. The first kappa shape index (κ1) is 16.4. The number of urea groups is 1. The second kappa shape index (κ2) is 7.88. The minimum atomic E-state index is -0.632. The van der Waals surface area contributed by atoms with Crippen molar-refractivity contribution in [3.05, 3.63) is 59.7 Å². The van der Waals surface area contributed by atoms with Gasteiger partial charge in [0, 0.05) is 12.7 Å². The Morgan fingerprint density at radius 2 is 1.96 bits per heavy atom. The molecule has 0 fully saturated rings. The molecule has 2 aromatic rings. The van der Waals surface area contributed by atoms with Gasteiger partial charge in [0.15, 0.2) is 5.69 Å². The van der Waals surface area contributed by atoms with Gasteiger partial charge >= 0.3 is 12.0 Å². The lowest BCUT2D eigenvalue weighted by molar-refractivity contribution is 0.0595. The van der Waals surface area contributed by atoms with Crippen molar-refractivity contribution >= 4 is 17.7 Å². The molecule has 120 valence electrons. The van der Waals surface area contributed by atoms with Crippen LogP contribution in [0, 0.1) is 5.82 Å². The number of methoxy groups -OCH3 is 1. The van der Waals surface area contributed by atoms with Crippen molar-refractivity contribution in [1.29, 1.82) is 0 Å². The number of carbonyl (C=O) groups is 2. The van der Waals surface area contributed by atoms with Gasteiger partial charge in [0.1, 0.15) is 5.82 Å². The second-order valence-corrected chi connectivity index (χ2v) is 4.65. The Kier molecular flexibility index (Phi) is 5.62.